The van der Waals surface area contributed by atoms with Gasteiger partial charge in [-0.25, -0.2) is 9.59 Å². The number of aliphatic carboxylic acids is 1. The van der Waals surface area contributed by atoms with E-state index in [4.69, 9.17) is 5.11 Å². The average Bonchev–Trinajstić information content (AvgIpc) is 2.01. The van der Waals surface area contributed by atoms with Gasteiger partial charge in [0.1, 0.15) is 0 Å². The second-order valence-electron chi connectivity index (χ2n) is 1.96. The molecule has 0 spiro atoms. The zero-order valence-corrected chi connectivity index (χ0v) is 6.73. The van der Waals surface area contributed by atoms with Crippen LogP contribution in [0.15, 0.2) is 24.8 Å². The average molecular weight is 184 g/mol. The summed E-state index contributed by atoms with van der Waals surface area (Å²) in [6.45, 7) is 3.26. The Morgan fingerprint density at radius 1 is 1.31 bits per heavy atom. The number of hydrogen-bond donors (Lipinski definition) is 1. The van der Waals surface area contributed by atoms with Crippen molar-refractivity contribution in [3.63, 3.8) is 0 Å². The highest BCUT2D eigenvalue weighted by molar-refractivity contribution is 5.96. The summed E-state index contributed by atoms with van der Waals surface area (Å²) in [5.41, 5.74) is 0. The quantitative estimate of drug-likeness (QED) is 0.293. The first-order valence-electron chi connectivity index (χ1n) is 3.32. The van der Waals surface area contributed by atoms with E-state index in [1.165, 1.54) is 6.08 Å². The topological polar surface area (TPSA) is 80.7 Å². The van der Waals surface area contributed by atoms with Gasteiger partial charge in [0.15, 0.2) is 0 Å². The zero-order chi connectivity index (χ0) is 10.3. The molecule has 13 heavy (non-hydrogen) atoms. The summed E-state index contributed by atoms with van der Waals surface area (Å²) < 4.78 is 4.14. The first-order chi connectivity index (χ1) is 6.06. The molecule has 0 aromatic carbocycles. The van der Waals surface area contributed by atoms with Crippen molar-refractivity contribution in [2.75, 3.05) is 0 Å². The van der Waals surface area contributed by atoms with Crippen LogP contribution in [0.2, 0.25) is 0 Å². The van der Waals surface area contributed by atoms with Crippen LogP contribution in [0.1, 0.15) is 6.42 Å². The van der Waals surface area contributed by atoms with Crippen molar-refractivity contribution >= 4 is 17.9 Å². The maximum absolute atomic E-state index is 10.6. The van der Waals surface area contributed by atoms with Crippen LogP contribution in [0.5, 0.6) is 0 Å². The minimum Gasteiger partial charge on any atom is -0.478 e. The van der Waals surface area contributed by atoms with Crippen molar-refractivity contribution < 1.29 is 24.2 Å². The Morgan fingerprint density at radius 2 is 1.92 bits per heavy atom. The van der Waals surface area contributed by atoms with Gasteiger partial charge in [-0.05, 0) is 0 Å². The standard InChI is InChI=1S/C8H8O5/c1-2-3-7(11)13-8(12)5-4-6(9)10/h2,4-5H,1,3H2,(H,9,10). The molecule has 0 unspecified atom stereocenters. The fraction of sp³-hybridized carbons (Fsp3) is 0.125. The fourth-order valence-corrected chi connectivity index (χ4v) is 0.445. The molecule has 0 saturated carbocycles. The molecule has 5 heteroatoms. The van der Waals surface area contributed by atoms with Crippen molar-refractivity contribution in [2.45, 2.75) is 6.42 Å². The van der Waals surface area contributed by atoms with E-state index in [1.807, 2.05) is 0 Å². The lowest BCUT2D eigenvalue weighted by molar-refractivity contribution is -0.155. The van der Waals surface area contributed by atoms with Gasteiger partial charge >= 0.3 is 17.9 Å². The summed E-state index contributed by atoms with van der Waals surface area (Å²) in [7, 11) is 0. The van der Waals surface area contributed by atoms with E-state index < -0.39 is 17.9 Å². The first kappa shape index (κ1) is 11.1. The van der Waals surface area contributed by atoms with Crippen LogP contribution in [-0.4, -0.2) is 23.0 Å². The van der Waals surface area contributed by atoms with E-state index in [9.17, 15) is 14.4 Å². The number of esters is 2. The van der Waals surface area contributed by atoms with E-state index in [0.717, 1.165) is 0 Å². The van der Waals surface area contributed by atoms with Gasteiger partial charge in [0.05, 0.1) is 6.42 Å². The minimum absolute atomic E-state index is 0.0906. The molecule has 0 radical (unpaired) electrons. The predicted octanol–water partition coefficient (Wildman–Crippen LogP) is 0.273. The number of carboxylic acids is 1. The van der Waals surface area contributed by atoms with Crippen LogP contribution in [0.25, 0.3) is 0 Å². The molecule has 0 aliphatic carbocycles. The number of carbonyl (C=O) groups excluding carboxylic acids is 2. The van der Waals surface area contributed by atoms with Crippen LogP contribution in [-0.2, 0) is 19.1 Å². The van der Waals surface area contributed by atoms with E-state index in [0.29, 0.717) is 12.2 Å². The third kappa shape index (κ3) is 6.49. The Balaban J connectivity index is 3.94. The predicted molar refractivity (Wildman–Crippen MR) is 42.7 cm³/mol. The van der Waals surface area contributed by atoms with Crippen molar-refractivity contribution in [3.05, 3.63) is 24.8 Å². The highest BCUT2D eigenvalue weighted by atomic mass is 16.6. The molecule has 0 aliphatic rings. The molecular formula is C8H8O5. The molecule has 1 N–H and O–H groups in total. The summed E-state index contributed by atoms with van der Waals surface area (Å²) in [5, 5.41) is 8.10. The normalized spacial score (nSPS) is 9.54. The Kier molecular flexibility index (Phi) is 4.87. The lowest BCUT2D eigenvalue weighted by Crippen LogP contribution is -2.09. The van der Waals surface area contributed by atoms with Crippen LogP contribution in [0.3, 0.4) is 0 Å². The molecule has 0 fully saturated rings. The van der Waals surface area contributed by atoms with Crippen LogP contribution >= 0.6 is 0 Å². The van der Waals surface area contributed by atoms with Crippen molar-refractivity contribution in [2.24, 2.45) is 0 Å². The second-order valence-corrected chi connectivity index (χ2v) is 1.96. The number of carbonyl (C=O) groups is 3. The Bertz CT molecular complexity index is 264. The van der Waals surface area contributed by atoms with E-state index in [2.05, 4.69) is 11.3 Å². The molecule has 0 saturated heterocycles. The summed E-state index contributed by atoms with van der Waals surface area (Å²) in [5.74, 6) is -3.06. The highest BCUT2D eigenvalue weighted by Crippen LogP contribution is 1.89. The number of ether oxygens (including phenoxy) is 1. The molecule has 0 amide bonds. The first-order valence-corrected chi connectivity index (χ1v) is 3.32. The Labute approximate surface area is 74.3 Å². The van der Waals surface area contributed by atoms with E-state index in [1.54, 1.807) is 0 Å². The van der Waals surface area contributed by atoms with Gasteiger partial charge in [0.2, 0.25) is 0 Å². The van der Waals surface area contributed by atoms with Gasteiger partial charge in [0.25, 0.3) is 0 Å². The SMILES string of the molecule is C=CCC(=O)OC(=O)C=CC(=O)O. The third-order valence-electron chi connectivity index (χ3n) is 0.887. The molecule has 5 nitrogen and oxygen atoms in total. The summed E-state index contributed by atoms with van der Waals surface area (Å²) in [6.07, 6.45) is 2.43. The maximum atomic E-state index is 10.6. The Hall–Kier alpha value is -1.91. The molecule has 0 aliphatic heterocycles. The summed E-state index contributed by atoms with van der Waals surface area (Å²) in [4.78, 5) is 31.1. The lowest BCUT2D eigenvalue weighted by atomic mass is 10.4. The summed E-state index contributed by atoms with van der Waals surface area (Å²) >= 11 is 0. The molecular weight excluding hydrogens is 176 g/mol. The molecule has 0 atom stereocenters. The van der Waals surface area contributed by atoms with E-state index in [-0.39, 0.29) is 6.42 Å². The van der Waals surface area contributed by atoms with Gasteiger partial charge in [0, 0.05) is 12.2 Å². The maximum Gasteiger partial charge on any atom is 0.338 e. The highest BCUT2D eigenvalue weighted by Gasteiger charge is 2.04. The van der Waals surface area contributed by atoms with Crippen LogP contribution in [0, 0.1) is 0 Å². The minimum atomic E-state index is -1.28. The van der Waals surface area contributed by atoms with E-state index >= 15 is 0 Å². The molecule has 70 valence electrons. The molecule has 0 rings (SSSR count). The number of hydrogen-bond acceptors (Lipinski definition) is 4. The van der Waals surface area contributed by atoms with Crippen molar-refractivity contribution in [1.29, 1.82) is 0 Å². The van der Waals surface area contributed by atoms with Crippen molar-refractivity contribution in [1.82, 2.24) is 0 Å². The largest absolute Gasteiger partial charge is 0.478 e. The van der Waals surface area contributed by atoms with Crippen LogP contribution < -0.4 is 0 Å². The van der Waals surface area contributed by atoms with Crippen LogP contribution in [0.4, 0.5) is 0 Å². The summed E-state index contributed by atoms with van der Waals surface area (Å²) in [6, 6.07) is 0. The van der Waals surface area contributed by atoms with Gasteiger partial charge < -0.3 is 9.84 Å². The molecule has 0 heterocycles. The van der Waals surface area contributed by atoms with Gasteiger partial charge in [-0.15, -0.1) is 6.58 Å². The molecule has 0 aromatic heterocycles. The van der Waals surface area contributed by atoms with Gasteiger partial charge in [-0.1, -0.05) is 6.08 Å². The monoisotopic (exact) mass is 184 g/mol. The zero-order valence-electron chi connectivity index (χ0n) is 6.73. The lowest BCUT2D eigenvalue weighted by Gasteiger charge is -1.94. The third-order valence-corrected chi connectivity index (χ3v) is 0.887. The second kappa shape index (κ2) is 5.70. The number of rotatable bonds is 4. The molecule has 0 bridgehead atoms. The van der Waals surface area contributed by atoms with Gasteiger partial charge in [-0.2, -0.15) is 0 Å². The van der Waals surface area contributed by atoms with Crippen molar-refractivity contribution in [3.8, 4) is 0 Å². The fourth-order valence-electron chi connectivity index (χ4n) is 0.445. The smallest absolute Gasteiger partial charge is 0.338 e. The Morgan fingerprint density at radius 3 is 2.38 bits per heavy atom. The van der Waals surface area contributed by atoms with Gasteiger partial charge in [-0.3, -0.25) is 4.79 Å². The number of carboxylic acid groups (broad SMARTS) is 1. The molecule has 0 aromatic rings.